The SMILES string of the molecule is C#Cc1cccc(Oc2ccccc2)c1.Oc1cccc(Cc2cccc(O)c2)c1. The van der Waals surface area contributed by atoms with Crippen LogP contribution < -0.4 is 4.74 Å². The van der Waals surface area contributed by atoms with E-state index in [0.717, 1.165) is 28.2 Å². The van der Waals surface area contributed by atoms with Gasteiger partial charge in [-0.05, 0) is 72.1 Å². The summed E-state index contributed by atoms with van der Waals surface area (Å²) in [6.07, 6.45) is 6.02. The van der Waals surface area contributed by atoms with Gasteiger partial charge in [0.15, 0.2) is 0 Å². The summed E-state index contributed by atoms with van der Waals surface area (Å²) >= 11 is 0. The van der Waals surface area contributed by atoms with Crippen LogP contribution in [0.15, 0.2) is 103 Å². The first kappa shape index (κ1) is 20.6. The summed E-state index contributed by atoms with van der Waals surface area (Å²) in [5.74, 6) is 4.69. The Morgan fingerprint density at radius 2 is 1.20 bits per heavy atom. The van der Waals surface area contributed by atoms with E-state index in [1.54, 1.807) is 24.3 Å². The van der Waals surface area contributed by atoms with Crippen LogP contribution in [0.1, 0.15) is 16.7 Å². The third-order valence-corrected chi connectivity index (χ3v) is 4.21. The molecule has 0 spiro atoms. The number of benzene rings is 4. The molecule has 0 fully saturated rings. The van der Waals surface area contributed by atoms with E-state index in [-0.39, 0.29) is 11.5 Å². The fraction of sp³-hybridized carbons (Fsp3) is 0.0370. The van der Waals surface area contributed by atoms with Crippen molar-refractivity contribution in [2.24, 2.45) is 0 Å². The molecule has 3 nitrogen and oxygen atoms in total. The predicted octanol–water partition coefficient (Wildman–Crippen LogP) is 6.15. The fourth-order valence-corrected chi connectivity index (χ4v) is 2.84. The van der Waals surface area contributed by atoms with Gasteiger partial charge in [-0.25, -0.2) is 0 Å². The van der Waals surface area contributed by atoms with Gasteiger partial charge in [-0.15, -0.1) is 6.42 Å². The third kappa shape index (κ3) is 6.47. The van der Waals surface area contributed by atoms with E-state index >= 15 is 0 Å². The van der Waals surface area contributed by atoms with Gasteiger partial charge in [0.1, 0.15) is 23.0 Å². The maximum absolute atomic E-state index is 9.30. The first-order valence-corrected chi connectivity index (χ1v) is 9.48. The molecule has 4 rings (SSSR count). The zero-order valence-corrected chi connectivity index (χ0v) is 16.4. The largest absolute Gasteiger partial charge is 0.508 e. The van der Waals surface area contributed by atoms with Gasteiger partial charge in [0, 0.05) is 5.56 Å². The Balaban J connectivity index is 0.000000171. The van der Waals surface area contributed by atoms with Crippen molar-refractivity contribution in [1.29, 1.82) is 0 Å². The lowest BCUT2D eigenvalue weighted by Gasteiger charge is -2.05. The Bertz CT molecular complexity index is 1080. The van der Waals surface area contributed by atoms with Gasteiger partial charge in [-0.2, -0.15) is 0 Å². The molecule has 0 atom stereocenters. The number of aromatic hydroxyl groups is 2. The minimum absolute atomic E-state index is 0.271. The standard InChI is InChI=1S/C14H10O.C13H12O2/c1-2-12-7-6-10-14(11-12)15-13-8-4-3-5-9-13;14-12-5-1-3-10(8-12)7-11-4-2-6-13(15)9-11/h1,3-11H;1-6,8-9,14-15H,7H2. The molecule has 0 heterocycles. The zero-order chi connectivity index (χ0) is 21.2. The first-order valence-electron chi connectivity index (χ1n) is 9.48. The Hall–Kier alpha value is -4.16. The second-order valence-electron chi connectivity index (χ2n) is 6.60. The minimum atomic E-state index is 0.271. The summed E-state index contributed by atoms with van der Waals surface area (Å²) in [5, 5.41) is 18.6. The van der Waals surface area contributed by atoms with Crippen LogP contribution in [0.5, 0.6) is 23.0 Å². The van der Waals surface area contributed by atoms with Gasteiger partial charge in [-0.1, -0.05) is 54.5 Å². The number of terminal acetylenes is 1. The number of ether oxygens (including phenoxy) is 1. The molecule has 0 aliphatic heterocycles. The summed E-state index contributed by atoms with van der Waals surface area (Å²) in [5.41, 5.74) is 2.88. The van der Waals surface area contributed by atoms with Gasteiger partial charge in [-0.3, -0.25) is 0 Å². The smallest absolute Gasteiger partial charge is 0.128 e. The number of para-hydroxylation sites is 1. The van der Waals surface area contributed by atoms with Crippen LogP contribution >= 0.6 is 0 Å². The van der Waals surface area contributed by atoms with E-state index < -0.39 is 0 Å². The summed E-state index contributed by atoms with van der Waals surface area (Å²) in [6, 6.07) is 31.4. The lowest BCUT2D eigenvalue weighted by molar-refractivity contribution is 0.474. The molecule has 30 heavy (non-hydrogen) atoms. The lowest BCUT2D eigenvalue weighted by atomic mass is 10.0. The normalized spacial score (nSPS) is 9.70. The quantitative estimate of drug-likeness (QED) is 0.408. The van der Waals surface area contributed by atoms with E-state index in [9.17, 15) is 10.2 Å². The molecular formula is C27H22O3. The Labute approximate surface area is 176 Å². The fourth-order valence-electron chi connectivity index (χ4n) is 2.84. The second kappa shape index (κ2) is 10.4. The van der Waals surface area contributed by atoms with Crippen molar-refractivity contribution in [1.82, 2.24) is 0 Å². The third-order valence-electron chi connectivity index (χ3n) is 4.21. The van der Waals surface area contributed by atoms with Crippen LogP contribution in [-0.2, 0) is 6.42 Å². The van der Waals surface area contributed by atoms with Crippen molar-refractivity contribution in [2.45, 2.75) is 6.42 Å². The molecule has 0 saturated heterocycles. The van der Waals surface area contributed by atoms with Crippen molar-refractivity contribution in [3.63, 3.8) is 0 Å². The van der Waals surface area contributed by atoms with Crippen LogP contribution in [-0.4, -0.2) is 10.2 Å². The molecule has 2 N–H and O–H groups in total. The summed E-state index contributed by atoms with van der Waals surface area (Å²) in [7, 11) is 0. The Morgan fingerprint density at radius 3 is 1.77 bits per heavy atom. The van der Waals surface area contributed by atoms with E-state index in [1.165, 1.54) is 0 Å². The van der Waals surface area contributed by atoms with Crippen LogP contribution in [0.3, 0.4) is 0 Å². The molecule has 0 aliphatic carbocycles. The van der Waals surface area contributed by atoms with Gasteiger partial charge in [0.2, 0.25) is 0 Å². The van der Waals surface area contributed by atoms with Gasteiger partial charge in [0.05, 0.1) is 0 Å². The molecule has 0 unspecified atom stereocenters. The highest BCUT2D eigenvalue weighted by Crippen LogP contribution is 2.21. The molecule has 0 saturated carbocycles. The maximum atomic E-state index is 9.30. The van der Waals surface area contributed by atoms with Crippen molar-refractivity contribution < 1.29 is 14.9 Å². The van der Waals surface area contributed by atoms with Crippen molar-refractivity contribution in [3.8, 4) is 35.3 Å². The molecule has 0 aromatic heterocycles. The van der Waals surface area contributed by atoms with Crippen molar-refractivity contribution >= 4 is 0 Å². The second-order valence-corrected chi connectivity index (χ2v) is 6.60. The molecule has 0 aliphatic rings. The predicted molar refractivity (Wildman–Crippen MR) is 120 cm³/mol. The first-order chi connectivity index (χ1) is 14.6. The average molecular weight is 394 g/mol. The molecular weight excluding hydrogens is 372 g/mol. The van der Waals surface area contributed by atoms with Crippen molar-refractivity contribution in [2.75, 3.05) is 0 Å². The highest BCUT2D eigenvalue weighted by Gasteiger charge is 1.98. The maximum Gasteiger partial charge on any atom is 0.128 e. The highest BCUT2D eigenvalue weighted by atomic mass is 16.5. The Kier molecular flexibility index (Phi) is 7.13. The van der Waals surface area contributed by atoms with E-state index in [2.05, 4.69) is 5.92 Å². The van der Waals surface area contributed by atoms with Crippen LogP contribution in [0, 0.1) is 12.3 Å². The zero-order valence-electron chi connectivity index (χ0n) is 16.4. The monoisotopic (exact) mass is 394 g/mol. The number of hydrogen-bond donors (Lipinski definition) is 2. The van der Waals surface area contributed by atoms with Gasteiger partial charge in [0.25, 0.3) is 0 Å². The molecule has 0 bridgehead atoms. The van der Waals surface area contributed by atoms with E-state index in [1.807, 2.05) is 78.9 Å². The highest BCUT2D eigenvalue weighted by molar-refractivity contribution is 5.40. The lowest BCUT2D eigenvalue weighted by Crippen LogP contribution is -1.86. The molecule has 4 aromatic carbocycles. The van der Waals surface area contributed by atoms with Gasteiger partial charge < -0.3 is 14.9 Å². The summed E-state index contributed by atoms with van der Waals surface area (Å²) < 4.78 is 5.63. The molecule has 148 valence electrons. The summed E-state index contributed by atoms with van der Waals surface area (Å²) in [6.45, 7) is 0. The molecule has 4 aromatic rings. The van der Waals surface area contributed by atoms with Crippen LogP contribution in [0.2, 0.25) is 0 Å². The number of rotatable bonds is 4. The molecule has 0 amide bonds. The molecule has 0 radical (unpaired) electrons. The van der Waals surface area contributed by atoms with Crippen LogP contribution in [0.25, 0.3) is 0 Å². The number of phenolic OH excluding ortho intramolecular Hbond substituents is 2. The minimum Gasteiger partial charge on any atom is -0.508 e. The van der Waals surface area contributed by atoms with Crippen LogP contribution in [0.4, 0.5) is 0 Å². The van der Waals surface area contributed by atoms with E-state index in [4.69, 9.17) is 11.2 Å². The van der Waals surface area contributed by atoms with Gasteiger partial charge >= 0.3 is 0 Å². The average Bonchev–Trinajstić information content (AvgIpc) is 2.75. The topological polar surface area (TPSA) is 49.7 Å². The summed E-state index contributed by atoms with van der Waals surface area (Å²) in [4.78, 5) is 0. The number of hydrogen-bond acceptors (Lipinski definition) is 3. The van der Waals surface area contributed by atoms with E-state index in [0.29, 0.717) is 6.42 Å². The Morgan fingerprint density at radius 1 is 0.633 bits per heavy atom. The number of phenols is 2. The van der Waals surface area contributed by atoms with Crippen molar-refractivity contribution in [3.05, 3.63) is 120 Å². The molecule has 3 heteroatoms.